The Morgan fingerprint density at radius 2 is 2.38 bits per heavy atom. The molecule has 1 aromatic rings. The molecule has 6 N–H and O–H groups in total. The summed E-state index contributed by atoms with van der Waals surface area (Å²) in [7, 11) is 0. The fourth-order valence-electron chi connectivity index (χ4n) is 1.05. The Labute approximate surface area is 91.4 Å². The molecule has 8 heteroatoms. The van der Waals surface area contributed by atoms with Crippen LogP contribution in [0.4, 0.5) is 5.82 Å². The van der Waals surface area contributed by atoms with Gasteiger partial charge in [0.15, 0.2) is 5.69 Å². The molecular weight excluding hydrogens is 216 g/mol. The molecule has 16 heavy (non-hydrogen) atoms. The lowest BCUT2D eigenvalue weighted by Gasteiger charge is -2.18. The summed E-state index contributed by atoms with van der Waals surface area (Å²) in [5, 5.41) is 18.3. The van der Waals surface area contributed by atoms with Crippen LogP contribution in [0.3, 0.4) is 0 Å². The predicted octanol–water partition coefficient (Wildman–Crippen LogP) is -1.59. The molecule has 2 unspecified atom stereocenters. The Morgan fingerprint density at radius 3 is 2.81 bits per heavy atom. The van der Waals surface area contributed by atoms with Gasteiger partial charge in [0.1, 0.15) is 12.1 Å². The number of ether oxygens (including phenoxy) is 1. The molecule has 1 heterocycles. The largest absolute Gasteiger partial charge is 0.394 e. The van der Waals surface area contributed by atoms with Crippen molar-refractivity contribution in [1.29, 1.82) is 0 Å². The zero-order valence-electron chi connectivity index (χ0n) is 8.70. The van der Waals surface area contributed by atoms with Crippen molar-refractivity contribution in [2.75, 3.05) is 12.3 Å². The van der Waals surface area contributed by atoms with Crippen LogP contribution in [0.2, 0.25) is 0 Å². The van der Waals surface area contributed by atoms with E-state index in [2.05, 4.69) is 4.98 Å². The van der Waals surface area contributed by atoms with Crippen molar-refractivity contribution in [2.24, 2.45) is 5.73 Å². The van der Waals surface area contributed by atoms with Gasteiger partial charge in [0.05, 0.1) is 12.7 Å². The molecular formula is C8H14N4O4. The summed E-state index contributed by atoms with van der Waals surface area (Å²) in [5.74, 6) is -0.885. The van der Waals surface area contributed by atoms with Crippen molar-refractivity contribution in [3.8, 4) is 0 Å². The number of nitrogens with zero attached hydrogens (tertiary/aromatic N) is 2. The number of aliphatic hydroxyl groups is 2. The Morgan fingerprint density at radius 1 is 1.75 bits per heavy atom. The summed E-state index contributed by atoms with van der Waals surface area (Å²) in [6.07, 6.45) is -0.874. The van der Waals surface area contributed by atoms with Crippen LogP contribution in [0, 0.1) is 0 Å². The summed E-state index contributed by atoms with van der Waals surface area (Å²) in [6.45, 7) is 1.31. The molecule has 0 spiro atoms. The molecule has 0 aliphatic heterocycles. The molecule has 0 bridgehead atoms. The van der Waals surface area contributed by atoms with Crippen LogP contribution in [-0.4, -0.2) is 38.4 Å². The van der Waals surface area contributed by atoms with Gasteiger partial charge in [-0.05, 0) is 6.92 Å². The van der Waals surface area contributed by atoms with Crippen LogP contribution in [0.25, 0.3) is 0 Å². The van der Waals surface area contributed by atoms with Gasteiger partial charge in [-0.2, -0.15) is 0 Å². The van der Waals surface area contributed by atoms with Gasteiger partial charge >= 0.3 is 0 Å². The quantitative estimate of drug-likeness (QED) is 0.450. The second kappa shape index (κ2) is 4.92. The number of aromatic nitrogens is 2. The van der Waals surface area contributed by atoms with Gasteiger partial charge < -0.3 is 26.4 Å². The van der Waals surface area contributed by atoms with Crippen LogP contribution in [0.1, 0.15) is 23.8 Å². The zero-order chi connectivity index (χ0) is 12.3. The number of carbonyl (C=O) groups excluding carboxylic acids is 1. The molecule has 1 rings (SSSR count). The molecule has 0 radical (unpaired) electrons. The minimum absolute atomic E-state index is 0.0925. The van der Waals surface area contributed by atoms with E-state index in [1.165, 1.54) is 0 Å². The minimum Gasteiger partial charge on any atom is -0.394 e. The van der Waals surface area contributed by atoms with Crippen molar-refractivity contribution in [1.82, 2.24) is 9.55 Å². The molecule has 1 amide bonds. The third-order valence-electron chi connectivity index (χ3n) is 1.91. The lowest BCUT2D eigenvalue weighted by molar-refractivity contribution is -0.186. The number of nitrogens with two attached hydrogens (primary N) is 2. The molecule has 0 fully saturated rings. The highest BCUT2D eigenvalue weighted by atomic mass is 16.6. The topological polar surface area (TPSA) is 137 Å². The molecule has 90 valence electrons. The number of nitrogen functional groups attached to an aromatic ring is 1. The maximum Gasteiger partial charge on any atom is 0.271 e. The highest BCUT2D eigenvalue weighted by molar-refractivity contribution is 5.95. The Hall–Kier alpha value is -1.64. The predicted molar refractivity (Wildman–Crippen MR) is 54.0 cm³/mol. The number of imidazole rings is 1. The van der Waals surface area contributed by atoms with Gasteiger partial charge in [-0.15, -0.1) is 0 Å². The first-order valence-corrected chi connectivity index (χ1v) is 4.53. The van der Waals surface area contributed by atoms with Crippen molar-refractivity contribution in [3.05, 3.63) is 12.0 Å². The maximum absolute atomic E-state index is 10.8. The number of amides is 1. The van der Waals surface area contributed by atoms with Crippen molar-refractivity contribution in [2.45, 2.75) is 19.4 Å². The minimum atomic E-state index is -1.43. The number of carbonyl (C=O) groups is 1. The molecule has 0 aromatic carbocycles. The van der Waals surface area contributed by atoms with Crippen molar-refractivity contribution >= 4 is 11.7 Å². The summed E-state index contributed by atoms with van der Waals surface area (Å²) in [6, 6.07) is 0. The lowest BCUT2D eigenvalue weighted by Crippen LogP contribution is -2.22. The normalized spacial score (nSPS) is 14.7. The van der Waals surface area contributed by atoms with Crippen molar-refractivity contribution < 1.29 is 19.7 Å². The van der Waals surface area contributed by atoms with Crippen LogP contribution in [-0.2, 0) is 4.74 Å². The molecule has 0 saturated heterocycles. The van der Waals surface area contributed by atoms with E-state index in [0.717, 1.165) is 10.9 Å². The van der Waals surface area contributed by atoms with Crippen molar-refractivity contribution in [3.63, 3.8) is 0 Å². The summed E-state index contributed by atoms with van der Waals surface area (Å²) in [4.78, 5) is 14.5. The highest BCUT2D eigenvalue weighted by Crippen LogP contribution is 2.16. The van der Waals surface area contributed by atoms with Gasteiger partial charge in [0.25, 0.3) is 5.91 Å². The molecule has 0 aliphatic carbocycles. The van der Waals surface area contributed by atoms with E-state index in [1.807, 2.05) is 0 Å². The van der Waals surface area contributed by atoms with Gasteiger partial charge in [0, 0.05) is 0 Å². The average Bonchev–Trinajstić information content (AvgIpc) is 2.59. The van der Waals surface area contributed by atoms with E-state index < -0.39 is 18.4 Å². The van der Waals surface area contributed by atoms with Gasteiger partial charge in [-0.25, -0.2) is 4.98 Å². The van der Waals surface area contributed by atoms with Gasteiger partial charge in [-0.3, -0.25) is 9.36 Å². The van der Waals surface area contributed by atoms with E-state index >= 15 is 0 Å². The Kier molecular flexibility index (Phi) is 3.82. The number of primary amides is 1. The molecule has 2 atom stereocenters. The van der Waals surface area contributed by atoms with Crippen LogP contribution in [0.15, 0.2) is 6.33 Å². The van der Waals surface area contributed by atoms with E-state index in [-0.39, 0.29) is 18.1 Å². The zero-order valence-corrected chi connectivity index (χ0v) is 8.70. The Bertz CT molecular complexity index is 378. The van der Waals surface area contributed by atoms with Crippen LogP contribution in [0.5, 0.6) is 0 Å². The van der Waals surface area contributed by atoms with E-state index in [9.17, 15) is 9.90 Å². The monoisotopic (exact) mass is 230 g/mol. The van der Waals surface area contributed by atoms with Crippen LogP contribution < -0.4 is 11.5 Å². The second-order valence-electron chi connectivity index (χ2n) is 3.21. The number of anilines is 1. The first-order chi connectivity index (χ1) is 7.47. The summed E-state index contributed by atoms with van der Waals surface area (Å²) < 4.78 is 5.99. The number of rotatable bonds is 5. The average molecular weight is 230 g/mol. The smallest absolute Gasteiger partial charge is 0.271 e. The third-order valence-corrected chi connectivity index (χ3v) is 1.91. The van der Waals surface area contributed by atoms with Gasteiger partial charge in [0.2, 0.25) is 6.41 Å². The first-order valence-electron chi connectivity index (χ1n) is 4.53. The third kappa shape index (κ3) is 2.48. The first kappa shape index (κ1) is 12.4. The van der Waals surface area contributed by atoms with E-state index in [0.29, 0.717) is 0 Å². The standard InChI is InChI=1S/C8H14N4O4/c1-4(2-13)16-8(15)12-3-11-5(6(12)9)7(10)14/h3-4,8,13,15H,2,9H2,1H3,(H2,10,14). The van der Waals surface area contributed by atoms with Gasteiger partial charge in [-0.1, -0.05) is 0 Å². The number of hydrogen-bond donors (Lipinski definition) is 4. The molecule has 1 aromatic heterocycles. The SMILES string of the molecule is CC(CO)OC(O)n1cnc(C(N)=O)c1N. The van der Waals surface area contributed by atoms with E-state index in [4.69, 9.17) is 21.3 Å². The molecule has 0 aliphatic rings. The Balaban J connectivity index is 2.84. The summed E-state index contributed by atoms with van der Waals surface area (Å²) in [5.41, 5.74) is 10.4. The van der Waals surface area contributed by atoms with E-state index in [1.54, 1.807) is 6.92 Å². The molecule has 8 nitrogen and oxygen atoms in total. The second-order valence-corrected chi connectivity index (χ2v) is 3.21. The number of hydrogen-bond acceptors (Lipinski definition) is 6. The summed E-state index contributed by atoms with van der Waals surface area (Å²) >= 11 is 0. The lowest BCUT2D eigenvalue weighted by atomic mass is 10.4. The maximum atomic E-state index is 10.8. The fraction of sp³-hybridized carbons (Fsp3) is 0.500. The fourth-order valence-corrected chi connectivity index (χ4v) is 1.05. The van der Waals surface area contributed by atoms with Crippen LogP contribution >= 0.6 is 0 Å². The highest BCUT2D eigenvalue weighted by Gasteiger charge is 2.19. The number of aliphatic hydroxyl groups excluding tert-OH is 2. The molecule has 0 saturated carbocycles.